The second-order valence-electron chi connectivity index (χ2n) is 6.12. The normalized spacial score (nSPS) is 10.9. The highest BCUT2D eigenvalue weighted by Gasteiger charge is 2.15. The van der Waals surface area contributed by atoms with Crippen LogP contribution in [-0.2, 0) is 9.59 Å². The number of carboxylic acids is 1. The first-order chi connectivity index (χ1) is 13.0. The average Bonchev–Trinajstić information content (AvgIpc) is 3.06. The van der Waals surface area contributed by atoms with Crippen LogP contribution in [0.15, 0.2) is 41.0 Å². The van der Waals surface area contributed by atoms with Crippen LogP contribution in [0, 0.1) is 6.92 Å². The minimum atomic E-state index is -1.02. The van der Waals surface area contributed by atoms with Gasteiger partial charge in [-0.2, -0.15) is 0 Å². The number of amides is 1. The molecule has 3 aromatic rings. The molecule has 140 valence electrons. The number of aromatic nitrogens is 2. The van der Waals surface area contributed by atoms with E-state index in [1.807, 2.05) is 0 Å². The van der Waals surface area contributed by atoms with Gasteiger partial charge in [-0.15, -0.1) is 23.1 Å². The fraction of sp³-hybridized carbons (Fsp3) is 0.263. The number of rotatable bonds is 7. The number of carbonyl (C=O) groups excluding carboxylic acids is 1. The molecule has 0 saturated heterocycles. The van der Waals surface area contributed by atoms with E-state index in [0.717, 1.165) is 26.4 Å². The van der Waals surface area contributed by atoms with Crippen LogP contribution in [0.3, 0.4) is 0 Å². The Bertz CT molecular complexity index is 970. The van der Waals surface area contributed by atoms with Crippen molar-refractivity contribution in [2.75, 3.05) is 19.3 Å². The number of carboxylic acid groups (broad SMARTS) is 1. The number of fused-ring (bicyclic) bond motifs is 1. The van der Waals surface area contributed by atoms with Crippen LogP contribution < -0.4 is 0 Å². The number of hydrogen-bond acceptors (Lipinski definition) is 6. The van der Waals surface area contributed by atoms with E-state index in [0.29, 0.717) is 5.75 Å². The molecule has 27 heavy (non-hydrogen) atoms. The summed E-state index contributed by atoms with van der Waals surface area (Å²) in [5.74, 6) is -0.686. The fourth-order valence-corrected chi connectivity index (χ4v) is 4.54. The van der Waals surface area contributed by atoms with E-state index in [9.17, 15) is 9.59 Å². The lowest BCUT2D eigenvalue weighted by molar-refractivity contribution is -0.143. The van der Waals surface area contributed by atoms with Gasteiger partial charge in [0, 0.05) is 30.2 Å². The van der Waals surface area contributed by atoms with Gasteiger partial charge in [-0.1, -0.05) is 29.8 Å². The van der Waals surface area contributed by atoms with E-state index in [-0.39, 0.29) is 18.9 Å². The quantitative estimate of drug-likeness (QED) is 0.480. The zero-order valence-corrected chi connectivity index (χ0v) is 16.6. The highest BCUT2D eigenvalue weighted by atomic mass is 32.2. The molecule has 0 aliphatic carbocycles. The molecule has 6 nitrogen and oxygen atoms in total. The molecular weight excluding hydrogens is 382 g/mol. The first-order valence-corrected chi connectivity index (χ1v) is 10.2. The van der Waals surface area contributed by atoms with Crippen LogP contribution in [0.4, 0.5) is 0 Å². The maximum atomic E-state index is 12.0. The summed E-state index contributed by atoms with van der Waals surface area (Å²) in [6.07, 6.45) is 1.79. The Morgan fingerprint density at radius 3 is 2.67 bits per heavy atom. The Balaban J connectivity index is 1.77. The topological polar surface area (TPSA) is 83.4 Å². The van der Waals surface area contributed by atoms with Crippen molar-refractivity contribution in [3.8, 4) is 11.1 Å². The van der Waals surface area contributed by atoms with Crippen LogP contribution in [-0.4, -0.2) is 51.2 Å². The summed E-state index contributed by atoms with van der Waals surface area (Å²) in [4.78, 5) is 33.6. The molecule has 0 bridgehead atoms. The van der Waals surface area contributed by atoms with E-state index in [1.165, 1.54) is 29.3 Å². The van der Waals surface area contributed by atoms with Crippen LogP contribution >= 0.6 is 23.1 Å². The molecule has 0 fully saturated rings. The Morgan fingerprint density at radius 2 is 1.96 bits per heavy atom. The number of thioether (sulfide) groups is 1. The van der Waals surface area contributed by atoms with E-state index in [1.54, 1.807) is 17.7 Å². The van der Waals surface area contributed by atoms with Crippen LogP contribution in [0.25, 0.3) is 21.3 Å². The number of likely N-dealkylation sites (N-methyl/N-ethyl adjacent to an activating group) is 1. The summed E-state index contributed by atoms with van der Waals surface area (Å²) in [7, 11) is 1.50. The van der Waals surface area contributed by atoms with Crippen LogP contribution in [0.2, 0.25) is 0 Å². The van der Waals surface area contributed by atoms with Crippen molar-refractivity contribution < 1.29 is 14.7 Å². The number of benzene rings is 1. The summed E-state index contributed by atoms with van der Waals surface area (Å²) in [5, 5.41) is 12.7. The molecule has 2 heterocycles. The second kappa shape index (κ2) is 8.49. The lowest BCUT2D eigenvalue weighted by atomic mass is 10.1. The van der Waals surface area contributed by atoms with Crippen molar-refractivity contribution in [1.29, 1.82) is 0 Å². The molecule has 0 unspecified atom stereocenters. The number of carbonyl (C=O) groups is 2. The number of aryl methyl sites for hydroxylation is 1. The standard InChI is InChI=1S/C19H19N3O3S2/c1-12-3-5-13(6-4-12)14-10-27-19-17(14)18(20-11-21-19)26-8-7-15(23)22(2)9-16(24)25/h3-6,10-11H,7-9H2,1-2H3,(H,24,25). The Labute approximate surface area is 165 Å². The lowest BCUT2D eigenvalue weighted by Crippen LogP contribution is -2.32. The van der Waals surface area contributed by atoms with Gasteiger partial charge in [0.25, 0.3) is 0 Å². The largest absolute Gasteiger partial charge is 0.480 e. The third kappa shape index (κ3) is 4.64. The Morgan fingerprint density at radius 1 is 1.22 bits per heavy atom. The molecule has 1 amide bonds. The van der Waals surface area contributed by atoms with Gasteiger partial charge in [0.1, 0.15) is 22.7 Å². The molecule has 0 saturated carbocycles. The van der Waals surface area contributed by atoms with Crippen molar-refractivity contribution >= 4 is 45.2 Å². The van der Waals surface area contributed by atoms with Crippen molar-refractivity contribution in [2.45, 2.75) is 18.4 Å². The van der Waals surface area contributed by atoms with Gasteiger partial charge < -0.3 is 10.0 Å². The molecule has 1 N–H and O–H groups in total. The molecule has 0 aliphatic rings. The van der Waals surface area contributed by atoms with Crippen molar-refractivity contribution in [3.05, 3.63) is 41.5 Å². The van der Waals surface area contributed by atoms with E-state index < -0.39 is 5.97 Å². The number of thiophene rings is 1. The Hall–Kier alpha value is -2.45. The van der Waals surface area contributed by atoms with E-state index in [4.69, 9.17) is 5.11 Å². The molecule has 0 radical (unpaired) electrons. The minimum Gasteiger partial charge on any atom is -0.480 e. The molecule has 2 aromatic heterocycles. The number of hydrogen-bond donors (Lipinski definition) is 1. The first kappa shape index (κ1) is 19.3. The summed E-state index contributed by atoms with van der Waals surface area (Å²) in [6.45, 7) is 1.77. The maximum absolute atomic E-state index is 12.0. The number of nitrogens with zero attached hydrogens (tertiary/aromatic N) is 3. The molecule has 0 atom stereocenters. The molecule has 0 aliphatic heterocycles. The van der Waals surface area contributed by atoms with Crippen LogP contribution in [0.5, 0.6) is 0 Å². The molecule has 0 spiro atoms. The van der Waals surface area contributed by atoms with Crippen molar-refractivity contribution in [1.82, 2.24) is 14.9 Å². The maximum Gasteiger partial charge on any atom is 0.323 e. The highest BCUT2D eigenvalue weighted by Crippen LogP contribution is 2.38. The van der Waals surface area contributed by atoms with Crippen LogP contribution in [0.1, 0.15) is 12.0 Å². The molecule has 1 aromatic carbocycles. The van der Waals surface area contributed by atoms with Gasteiger partial charge in [-0.25, -0.2) is 9.97 Å². The molecular formula is C19H19N3O3S2. The van der Waals surface area contributed by atoms with E-state index in [2.05, 4.69) is 46.5 Å². The SMILES string of the molecule is Cc1ccc(-c2csc3ncnc(SCCC(=O)N(C)CC(=O)O)c23)cc1. The molecule has 8 heteroatoms. The fourth-order valence-electron chi connectivity index (χ4n) is 2.62. The van der Waals surface area contributed by atoms with Gasteiger partial charge in [-0.05, 0) is 12.5 Å². The third-order valence-electron chi connectivity index (χ3n) is 4.05. The van der Waals surface area contributed by atoms with Gasteiger partial charge >= 0.3 is 5.97 Å². The summed E-state index contributed by atoms with van der Waals surface area (Å²) < 4.78 is 0. The van der Waals surface area contributed by atoms with Crippen molar-refractivity contribution in [2.24, 2.45) is 0 Å². The zero-order chi connectivity index (χ0) is 19.4. The zero-order valence-electron chi connectivity index (χ0n) is 15.0. The van der Waals surface area contributed by atoms with Crippen molar-refractivity contribution in [3.63, 3.8) is 0 Å². The van der Waals surface area contributed by atoms with Gasteiger partial charge in [-0.3, -0.25) is 9.59 Å². The monoisotopic (exact) mass is 401 g/mol. The van der Waals surface area contributed by atoms with E-state index >= 15 is 0 Å². The summed E-state index contributed by atoms with van der Waals surface area (Å²) >= 11 is 3.07. The predicted octanol–water partition coefficient (Wildman–Crippen LogP) is 3.69. The van der Waals surface area contributed by atoms with Gasteiger partial charge in [0.15, 0.2) is 0 Å². The third-order valence-corrected chi connectivity index (χ3v) is 5.93. The number of aliphatic carboxylic acids is 1. The summed E-state index contributed by atoms with van der Waals surface area (Å²) in [6, 6.07) is 8.32. The van der Waals surface area contributed by atoms with Gasteiger partial charge in [0.2, 0.25) is 5.91 Å². The Kier molecular flexibility index (Phi) is 6.08. The summed E-state index contributed by atoms with van der Waals surface area (Å²) in [5.41, 5.74) is 3.40. The highest BCUT2D eigenvalue weighted by molar-refractivity contribution is 7.99. The average molecular weight is 402 g/mol. The van der Waals surface area contributed by atoms with Gasteiger partial charge in [0.05, 0.1) is 5.39 Å². The second-order valence-corrected chi connectivity index (χ2v) is 8.06. The first-order valence-electron chi connectivity index (χ1n) is 8.33. The molecule has 3 rings (SSSR count). The smallest absolute Gasteiger partial charge is 0.323 e. The minimum absolute atomic E-state index is 0.195. The predicted molar refractivity (Wildman–Crippen MR) is 108 cm³/mol. The lowest BCUT2D eigenvalue weighted by Gasteiger charge is -2.14.